The summed E-state index contributed by atoms with van der Waals surface area (Å²) in [4.78, 5) is 17.0. The van der Waals surface area contributed by atoms with E-state index < -0.39 is 0 Å². The van der Waals surface area contributed by atoms with Crippen LogP contribution in [-0.4, -0.2) is 28.2 Å². The van der Waals surface area contributed by atoms with Crippen molar-refractivity contribution < 1.29 is 9.53 Å². The molecule has 1 unspecified atom stereocenters. The summed E-state index contributed by atoms with van der Waals surface area (Å²) in [5, 5.41) is 13.5. The number of carbonyl (C=O) groups excluding carboxylic acids is 1. The van der Waals surface area contributed by atoms with Crippen LogP contribution in [0.3, 0.4) is 0 Å². The van der Waals surface area contributed by atoms with Crippen LogP contribution >= 0.6 is 11.3 Å². The second-order valence-electron chi connectivity index (χ2n) is 6.55. The first-order chi connectivity index (χ1) is 14.2. The Hall–Kier alpha value is -3.32. The number of nitrogens with one attached hydrogen (secondary N) is 1. The number of ether oxygens (including phenoxy) is 1. The van der Waals surface area contributed by atoms with E-state index in [-0.39, 0.29) is 11.8 Å². The van der Waals surface area contributed by atoms with Gasteiger partial charge in [0.2, 0.25) is 5.13 Å². The van der Waals surface area contributed by atoms with Crippen LogP contribution < -0.4 is 10.1 Å². The number of amides is 1. The van der Waals surface area contributed by atoms with Crippen molar-refractivity contribution in [3.8, 4) is 5.75 Å². The van der Waals surface area contributed by atoms with Gasteiger partial charge in [0, 0.05) is 23.6 Å². The summed E-state index contributed by atoms with van der Waals surface area (Å²) in [6, 6.07) is 17.6. The van der Waals surface area contributed by atoms with Crippen molar-refractivity contribution in [3.63, 3.8) is 0 Å². The predicted molar refractivity (Wildman–Crippen MR) is 115 cm³/mol. The summed E-state index contributed by atoms with van der Waals surface area (Å²) < 4.78 is 5.21. The molecular weight excluding hydrogens is 384 g/mol. The maximum atomic E-state index is 12.7. The van der Waals surface area contributed by atoms with Gasteiger partial charge in [0.05, 0.1) is 18.2 Å². The summed E-state index contributed by atoms with van der Waals surface area (Å²) in [6.07, 6.45) is 2.46. The van der Waals surface area contributed by atoms with Gasteiger partial charge >= 0.3 is 0 Å². The quantitative estimate of drug-likeness (QED) is 0.495. The van der Waals surface area contributed by atoms with E-state index in [0.29, 0.717) is 10.7 Å². The van der Waals surface area contributed by atoms with Crippen molar-refractivity contribution in [1.82, 2.24) is 15.2 Å². The molecule has 146 valence electrons. The second-order valence-corrected chi connectivity index (χ2v) is 7.56. The molecule has 1 amide bonds. The minimum Gasteiger partial charge on any atom is -0.497 e. The highest BCUT2D eigenvalue weighted by Crippen LogP contribution is 2.31. The number of rotatable bonds is 6. The molecule has 2 heterocycles. The summed E-state index contributed by atoms with van der Waals surface area (Å²) in [7, 11) is 1.61. The molecular formula is C22H20N4O2S. The Bertz CT molecular complexity index is 1140. The van der Waals surface area contributed by atoms with Gasteiger partial charge in [-0.15, -0.1) is 10.2 Å². The Morgan fingerprint density at radius 1 is 1.14 bits per heavy atom. The Morgan fingerprint density at radius 2 is 1.97 bits per heavy atom. The van der Waals surface area contributed by atoms with Crippen LogP contribution in [0, 0.1) is 0 Å². The van der Waals surface area contributed by atoms with Crippen molar-refractivity contribution in [1.29, 1.82) is 0 Å². The van der Waals surface area contributed by atoms with E-state index in [4.69, 9.17) is 4.74 Å². The van der Waals surface area contributed by atoms with Crippen molar-refractivity contribution >= 4 is 33.3 Å². The minimum atomic E-state index is -0.259. The van der Waals surface area contributed by atoms with Gasteiger partial charge in [0.25, 0.3) is 5.91 Å². The molecule has 0 spiro atoms. The number of hydrogen-bond acceptors (Lipinski definition) is 6. The van der Waals surface area contributed by atoms with Crippen LogP contribution in [0.15, 0.2) is 60.8 Å². The van der Waals surface area contributed by atoms with Crippen LogP contribution in [0.2, 0.25) is 0 Å². The van der Waals surface area contributed by atoms with Crippen molar-refractivity contribution in [3.05, 3.63) is 76.9 Å². The Morgan fingerprint density at radius 3 is 2.72 bits per heavy atom. The Balaban J connectivity index is 1.52. The van der Waals surface area contributed by atoms with Gasteiger partial charge in [-0.1, -0.05) is 48.6 Å². The third kappa shape index (κ3) is 4.09. The third-order valence-corrected chi connectivity index (χ3v) is 5.68. The van der Waals surface area contributed by atoms with Gasteiger partial charge in [-0.2, -0.15) is 0 Å². The zero-order valence-corrected chi connectivity index (χ0v) is 16.9. The highest BCUT2D eigenvalue weighted by molar-refractivity contribution is 7.15. The number of anilines is 1. The number of methoxy groups -OCH3 is 1. The summed E-state index contributed by atoms with van der Waals surface area (Å²) in [5.74, 6) is 0.634. The third-order valence-electron chi connectivity index (χ3n) is 4.72. The van der Waals surface area contributed by atoms with E-state index in [9.17, 15) is 4.79 Å². The van der Waals surface area contributed by atoms with E-state index in [1.807, 2.05) is 36.4 Å². The summed E-state index contributed by atoms with van der Waals surface area (Å²) in [6.45, 7) is 2.12. The summed E-state index contributed by atoms with van der Waals surface area (Å²) >= 11 is 1.40. The number of pyridine rings is 1. The first-order valence-electron chi connectivity index (χ1n) is 9.31. The lowest BCUT2D eigenvalue weighted by molar-refractivity contribution is 0.102. The van der Waals surface area contributed by atoms with Gasteiger partial charge < -0.3 is 4.74 Å². The first kappa shape index (κ1) is 19.0. The number of aromatic nitrogens is 3. The zero-order chi connectivity index (χ0) is 20.2. The Kier molecular flexibility index (Phi) is 5.48. The van der Waals surface area contributed by atoms with Crippen molar-refractivity contribution in [2.45, 2.75) is 19.3 Å². The monoisotopic (exact) mass is 404 g/mol. The Labute approximate surface area is 172 Å². The molecule has 4 rings (SSSR count). The second kappa shape index (κ2) is 8.36. The fourth-order valence-corrected chi connectivity index (χ4v) is 4.14. The molecule has 0 bridgehead atoms. The van der Waals surface area contributed by atoms with Crippen LogP contribution in [-0.2, 0) is 0 Å². The lowest BCUT2D eigenvalue weighted by Crippen LogP contribution is -2.12. The van der Waals surface area contributed by atoms with E-state index in [2.05, 4.69) is 39.6 Å². The van der Waals surface area contributed by atoms with Crippen LogP contribution in [0.25, 0.3) is 10.9 Å². The van der Waals surface area contributed by atoms with Gasteiger partial charge in [-0.25, -0.2) is 0 Å². The maximum Gasteiger partial charge on any atom is 0.259 e. The highest BCUT2D eigenvalue weighted by Gasteiger charge is 2.18. The van der Waals surface area contributed by atoms with Gasteiger partial charge in [0.1, 0.15) is 10.8 Å². The van der Waals surface area contributed by atoms with Crippen LogP contribution in [0.1, 0.15) is 40.2 Å². The number of nitrogens with zero attached hydrogens (tertiary/aromatic N) is 3. The predicted octanol–water partition coefficient (Wildman–Crippen LogP) is 4.89. The lowest BCUT2D eigenvalue weighted by atomic mass is 9.97. The van der Waals surface area contributed by atoms with Crippen molar-refractivity contribution in [2.75, 3.05) is 12.4 Å². The number of fused-ring (bicyclic) bond motifs is 1. The smallest absolute Gasteiger partial charge is 0.259 e. The average molecular weight is 404 g/mol. The largest absolute Gasteiger partial charge is 0.497 e. The van der Waals surface area contributed by atoms with Gasteiger partial charge in [0.15, 0.2) is 0 Å². The number of hydrogen-bond donors (Lipinski definition) is 1. The normalized spacial score (nSPS) is 11.9. The molecule has 4 aromatic rings. The van der Waals surface area contributed by atoms with Gasteiger partial charge in [-0.05, 0) is 30.2 Å². The molecule has 0 saturated carbocycles. The first-order valence-corrected chi connectivity index (χ1v) is 10.1. The molecule has 7 heteroatoms. The highest BCUT2D eigenvalue weighted by atomic mass is 32.1. The van der Waals surface area contributed by atoms with Gasteiger partial charge in [-0.3, -0.25) is 15.1 Å². The minimum absolute atomic E-state index is 0.164. The molecule has 0 radical (unpaired) electrons. The fraction of sp³-hybridized carbons (Fsp3) is 0.182. The van der Waals surface area contributed by atoms with Crippen LogP contribution in [0.4, 0.5) is 5.13 Å². The van der Waals surface area contributed by atoms with Crippen molar-refractivity contribution in [2.24, 2.45) is 0 Å². The molecule has 0 fully saturated rings. The molecule has 0 saturated heterocycles. The zero-order valence-electron chi connectivity index (χ0n) is 16.1. The average Bonchev–Trinajstić information content (AvgIpc) is 3.22. The molecule has 1 atom stereocenters. The van der Waals surface area contributed by atoms with Crippen LogP contribution in [0.5, 0.6) is 5.75 Å². The molecule has 2 aromatic carbocycles. The lowest BCUT2D eigenvalue weighted by Gasteiger charge is -2.11. The number of carbonyl (C=O) groups is 1. The SMILES string of the molecule is CCC(c1ccccc1)c1nnc(NC(=O)c2cnc3cc(OC)ccc3c2)s1. The summed E-state index contributed by atoms with van der Waals surface area (Å²) in [5.41, 5.74) is 2.43. The fourth-order valence-electron chi connectivity index (χ4n) is 3.19. The standard InChI is InChI=1S/C22H20N4O2S/c1-3-18(14-7-5-4-6-8-14)21-25-26-22(29-21)24-20(27)16-11-15-9-10-17(28-2)12-19(15)23-13-16/h4-13,18H,3H2,1-2H3,(H,24,26,27). The molecule has 0 aliphatic carbocycles. The van der Waals surface area contributed by atoms with E-state index in [1.165, 1.54) is 16.9 Å². The van der Waals surface area contributed by atoms with E-state index >= 15 is 0 Å². The molecule has 29 heavy (non-hydrogen) atoms. The number of benzene rings is 2. The van der Waals surface area contributed by atoms with E-state index in [0.717, 1.165) is 28.1 Å². The topological polar surface area (TPSA) is 77.0 Å². The molecule has 2 aromatic heterocycles. The molecule has 6 nitrogen and oxygen atoms in total. The maximum absolute atomic E-state index is 12.7. The molecule has 0 aliphatic rings. The molecule has 0 aliphatic heterocycles. The van der Waals surface area contributed by atoms with E-state index in [1.54, 1.807) is 19.4 Å². The molecule has 1 N–H and O–H groups in total.